The van der Waals surface area contributed by atoms with Gasteiger partial charge in [0.25, 0.3) is 0 Å². The number of hydrogen-bond donors (Lipinski definition) is 1. The Balaban J connectivity index is 0.00000132. The summed E-state index contributed by atoms with van der Waals surface area (Å²) >= 11 is 0. The summed E-state index contributed by atoms with van der Waals surface area (Å²) in [6, 6.07) is 0. The standard InChI is InChI=1S/C28H48O.C2H6/c1-19(2)28(6,29)18-14-20(3)23-12-13-24-22-11-10-21-9-7-8-16-26(21,4)25(22)15-17-27(23,24)5;1-2/h10,19-20,22-25,29H,7-9,11-18H2,1-6H3;1-2H3. The normalized spacial score (nSPS) is 42.3. The van der Waals surface area contributed by atoms with Gasteiger partial charge in [-0.05, 0) is 117 Å². The van der Waals surface area contributed by atoms with E-state index in [0.717, 1.165) is 36.0 Å². The van der Waals surface area contributed by atoms with E-state index in [1.54, 1.807) is 0 Å². The zero-order chi connectivity index (χ0) is 23.0. The average molecular weight is 431 g/mol. The maximum Gasteiger partial charge on any atom is 0.0642 e. The van der Waals surface area contributed by atoms with Crippen molar-refractivity contribution in [3.05, 3.63) is 11.6 Å². The van der Waals surface area contributed by atoms with Gasteiger partial charge in [-0.3, -0.25) is 0 Å². The van der Waals surface area contributed by atoms with E-state index in [9.17, 15) is 5.11 Å². The molecule has 0 aliphatic heterocycles. The van der Waals surface area contributed by atoms with Crippen molar-refractivity contribution in [1.82, 2.24) is 0 Å². The topological polar surface area (TPSA) is 20.2 Å². The lowest BCUT2D eigenvalue weighted by Gasteiger charge is -2.58. The molecule has 0 radical (unpaired) electrons. The Morgan fingerprint density at radius 3 is 2.42 bits per heavy atom. The molecule has 8 atom stereocenters. The Hall–Kier alpha value is -0.300. The van der Waals surface area contributed by atoms with Crippen LogP contribution in [-0.2, 0) is 0 Å². The summed E-state index contributed by atoms with van der Waals surface area (Å²) in [6.45, 7) is 18.2. The molecule has 4 aliphatic carbocycles. The minimum absolute atomic E-state index is 0.344. The predicted molar refractivity (Wildman–Crippen MR) is 135 cm³/mol. The highest BCUT2D eigenvalue weighted by Gasteiger charge is 2.58. The van der Waals surface area contributed by atoms with Crippen LogP contribution in [0, 0.1) is 46.3 Å². The minimum Gasteiger partial charge on any atom is -0.390 e. The first kappa shape index (κ1) is 25.3. The molecule has 0 amide bonds. The molecule has 0 spiro atoms. The number of hydrogen-bond acceptors (Lipinski definition) is 1. The lowest BCUT2D eigenvalue weighted by atomic mass is 9.47. The first-order valence-electron chi connectivity index (χ1n) is 14.0. The van der Waals surface area contributed by atoms with Gasteiger partial charge in [-0.2, -0.15) is 0 Å². The second kappa shape index (κ2) is 9.52. The zero-order valence-corrected chi connectivity index (χ0v) is 22.3. The monoisotopic (exact) mass is 430 g/mol. The van der Waals surface area contributed by atoms with Crippen LogP contribution in [0.1, 0.15) is 126 Å². The van der Waals surface area contributed by atoms with Gasteiger partial charge in [0.2, 0.25) is 0 Å². The second-order valence-corrected chi connectivity index (χ2v) is 12.7. The predicted octanol–water partition coefficient (Wildman–Crippen LogP) is 8.81. The Morgan fingerprint density at radius 2 is 1.74 bits per heavy atom. The third-order valence-corrected chi connectivity index (χ3v) is 11.1. The highest BCUT2D eigenvalue weighted by Crippen LogP contribution is 2.67. The molecule has 4 aliphatic rings. The summed E-state index contributed by atoms with van der Waals surface area (Å²) in [5.41, 5.74) is 2.40. The highest BCUT2D eigenvalue weighted by molar-refractivity contribution is 5.24. The number of aliphatic hydroxyl groups is 1. The van der Waals surface area contributed by atoms with Crippen LogP contribution in [0.5, 0.6) is 0 Å². The van der Waals surface area contributed by atoms with Gasteiger partial charge in [-0.25, -0.2) is 0 Å². The van der Waals surface area contributed by atoms with Gasteiger partial charge in [0.15, 0.2) is 0 Å². The van der Waals surface area contributed by atoms with Crippen LogP contribution >= 0.6 is 0 Å². The van der Waals surface area contributed by atoms with Crippen LogP contribution in [0.2, 0.25) is 0 Å². The lowest BCUT2D eigenvalue weighted by Crippen LogP contribution is -2.50. The van der Waals surface area contributed by atoms with E-state index in [1.807, 2.05) is 26.3 Å². The molecule has 0 heterocycles. The molecule has 4 rings (SSSR count). The van der Waals surface area contributed by atoms with E-state index in [-0.39, 0.29) is 0 Å². The van der Waals surface area contributed by atoms with Crippen LogP contribution < -0.4 is 0 Å². The molecule has 0 aromatic rings. The van der Waals surface area contributed by atoms with Gasteiger partial charge in [-0.15, -0.1) is 0 Å². The fraction of sp³-hybridized carbons (Fsp3) is 0.933. The molecule has 8 unspecified atom stereocenters. The van der Waals surface area contributed by atoms with E-state index in [4.69, 9.17) is 0 Å². The molecular weight excluding hydrogens is 376 g/mol. The summed E-state index contributed by atoms with van der Waals surface area (Å²) in [4.78, 5) is 0. The molecule has 0 bridgehead atoms. The van der Waals surface area contributed by atoms with Crippen molar-refractivity contribution in [3.8, 4) is 0 Å². The summed E-state index contributed by atoms with van der Waals surface area (Å²) in [6.07, 6.45) is 17.8. The van der Waals surface area contributed by atoms with E-state index in [1.165, 1.54) is 64.2 Å². The third kappa shape index (κ3) is 4.43. The van der Waals surface area contributed by atoms with E-state index >= 15 is 0 Å². The Morgan fingerprint density at radius 1 is 1.03 bits per heavy atom. The van der Waals surface area contributed by atoms with Crippen molar-refractivity contribution in [3.63, 3.8) is 0 Å². The smallest absolute Gasteiger partial charge is 0.0642 e. The number of allylic oxidation sites excluding steroid dienone is 2. The van der Waals surface area contributed by atoms with Crippen molar-refractivity contribution in [2.24, 2.45) is 46.3 Å². The van der Waals surface area contributed by atoms with Gasteiger partial charge in [0.1, 0.15) is 0 Å². The van der Waals surface area contributed by atoms with Crippen molar-refractivity contribution in [1.29, 1.82) is 0 Å². The lowest BCUT2D eigenvalue weighted by molar-refractivity contribution is -0.0537. The molecule has 1 N–H and O–H groups in total. The van der Waals surface area contributed by atoms with Crippen LogP contribution in [0.3, 0.4) is 0 Å². The SMILES string of the molecule is CC.CC(CCC(C)(O)C(C)C)C1CCC2C3CC=C4CCCCC4(C)C3CCC12C. The number of rotatable bonds is 5. The van der Waals surface area contributed by atoms with Crippen molar-refractivity contribution in [2.75, 3.05) is 0 Å². The molecule has 0 aromatic carbocycles. The number of fused-ring (bicyclic) bond motifs is 5. The fourth-order valence-corrected chi connectivity index (χ4v) is 8.68. The summed E-state index contributed by atoms with van der Waals surface area (Å²) < 4.78 is 0. The Labute approximate surface area is 194 Å². The van der Waals surface area contributed by atoms with Crippen LogP contribution in [0.15, 0.2) is 11.6 Å². The Kier molecular flexibility index (Phi) is 7.77. The Bertz CT molecular complexity index is 630. The minimum atomic E-state index is -0.509. The van der Waals surface area contributed by atoms with Crippen molar-refractivity contribution >= 4 is 0 Å². The molecule has 180 valence electrons. The molecule has 1 heteroatoms. The van der Waals surface area contributed by atoms with Crippen molar-refractivity contribution < 1.29 is 5.11 Å². The van der Waals surface area contributed by atoms with Crippen LogP contribution in [-0.4, -0.2) is 10.7 Å². The van der Waals surface area contributed by atoms with Gasteiger partial charge in [-0.1, -0.05) is 66.5 Å². The maximum atomic E-state index is 10.8. The molecule has 0 saturated heterocycles. The zero-order valence-electron chi connectivity index (χ0n) is 22.3. The fourth-order valence-electron chi connectivity index (χ4n) is 8.68. The van der Waals surface area contributed by atoms with Gasteiger partial charge in [0.05, 0.1) is 5.60 Å². The summed E-state index contributed by atoms with van der Waals surface area (Å²) in [5.74, 6) is 4.79. The van der Waals surface area contributed by atoms with Gasteiger partial charge in [0, 0.05) is 0 Å². The first-order valence-corrected chi connectivity index (χ1v) is 14.0. The first-order chi connectivity index (χ1) is 14.6. The molecular formula is C30H54O. The summed E-state index contributed by atoms with van der Waals surface area (Å²) in [7, 11) is 0. The molecule has 3 fully saturated rings. The second-order valence-electron chi connectivity index (χ2n) is 12.7. The van der Waals surface area contributed by atoms with E-state index < -0.39 is 5.60 Å². The van der Waals surface area contributed by atoms with Crippen molar-refractivity contribution in [2.45, 2.75) is 132 Å². The van der Waals surface area contributed by atoms with Gasteiger partial charge >= 0.3 is 0 Å². The molecule has 31 heavy (non-hydrogen) atoms. The largest absolute Gasteiger partial charge is 0.390 e. The molecule has 0 aromatic heterocycles. The van der Waals surface area contributed by atoms with Crippen LogP contribution in [0.25, 0.3) is 0 Å². The van der Waals surface area contributed by atoms with E-state index in [2.05, 4.69) is 40.7 Å². The quantitative estimate of drug-likeness (QED) is 0.432. The van der Waals surface area contributed by atoms with Gasteiger partial charge < -0.3 is 5.11 Å². The average Bonchev–Trinajstić information content (AvgIpc) is 3.10. The third-order valence-electron chi connectivity index (χ3n) is 11.1. The molecule has 1 nitrogen and oxygen atoms in total. The van der Waals surface area contributed by atoms with Crippen LogP contribution in [0.4, 0.5) is 0 Å². The maximum absolute atomic E-state index is 10.8. The molecule has 3 saturated carbocycles. The summed E-state index contributed by atoms with van der Waals surface area (Å²) in [5, 5.41) is 10.8. The van der Waals surface area contributed by atoms with E-state index in [0.29, 0.717) is 16.7 Å². The highest BCUT2D eigenvalue weighted by atomic mass is 16.3.